The second-order valence-corrected chi connectivity index (χ2v) is 7.72. The molecule has 0 spiro atoms. The van der Waals surface area contributed by atoms with Gasteiger partial charge in [0.2, 0.25) is 5.91 Å². The molecule has 6 nitrogen and oxygen atoms in total. The molecule has 1 saturated heterocycles. The number of rotatable bonds is 5. The standard InChI is InChI=1S/C22H26F3N3O3/c1-4-31-21(30)16-7-6-10-27(13-16)20(29)12-19-14(2)26-28(15(19)3)18-9-5-8-17(11-18)22(23,24)25/h5,8-9,11,16H,4,6-7,10,12-13H2,1-3H3. The Hall–Kier alpha value is -2.84. The van der Waals surface area contributed by atoms with Crippen LogP contribution in [0, 0.1) is 19.8 Å². The summed E-state index contributed by atoms with van der Waals surface area (Å²) >= 11 is 0. The third-order valence-corrected chi connectivity index (χ3v) is 5.58. The second kappa shape index (κ2) is 9.11. The highest BCUT2D eigenvalue weighted by Gasteiger charge is 2.32. The summed E-state index contributed by atoms with van der Waals surface area (Å²) < 4.78 is 45.7. The molecule has 1 amide bonds. The van der Waals surface area contributed by atoms with Crippen molar-refractivity contribution in [2.75, 3.05) is 19.7 Å². The van der Waals surface area contributed by atoms with Gasteiger partial charge in [-0.3, -0.25) is 9.59 Å². The van der Waals surface area contributed by atoms with Crippen LogP contribution in [-0.4, -0.2) is 46.3 Å². The smallest absolute Gasteiger partial charge is 0.416 e. The number of ether oxygens (including phenoxy) is 1. The number of likely N-dealkylation sites (tertiary alicyclic amines) is 1. The SMILES string of the molecule is CCOC(=O)C1CCCN(C(=O)Cc2c(C)nn(-c3cccc(C(F)(F)F)c3)c2C)C1. The number of alkyl halides is 3. The molecule has 1 atom stereocenters. The van der Waals surface area contributed by atoms with Crippen LogP contribution in [0.2, 0.25) is 0 Å². The van der Waals surface area contributed by atoms with Gasteiger partial charge in [0.25, 0.3) is 0 Å². The van der Waals surface area contributed by atoms with Crippen LogP contribution in [0.1, 0.15) is 42.3 Å². The summed E-state index contributed by atoms with van der Waals surface area (Å²) in [6.45, 7) is 6.40. The molecule has 1 aromatic carbocycles. The van der Waals surface area contributed by atoms with Crippen LogP contribution < -0.4 is 0 Å². The van der Waals surface area contributed by atoms with Crippen molar-refractivity contribution in [3.05, 3.63) is 46.8 Å². The Balaban J connectivity index is 1.78. The highest BCUT2D eigenvalue weighted by atomic mass is 19.4. The zero-order valence-corrected chi connectivity index (χ0v) is 17.8. The van der Waals surface area contributed by atoms with Gasteiger partial charge in [0.05, 0.1) is 35.9 Å². The minimum absolute atomic E-state index is 0.0756. The Bertz CT molecular complexity index is 969. The fraction of sp³-hybridized carbons (Fsp3) is 0.500. The molecule has 2 heterocycles. The van der Waals surface area contributed by atoms with Crippen LogP contribution in [-0.2, 0) is 26.9 Å². The van der Waals surface area contributed by atoms with Crippen LogP contribution in [0.25, 0.3) is 5.69 Å². The first-order chi connectivity index (χ1) is 14.6. The quantitative estimate of drug-likeness (QED) is 0.667. The first-order valence-corrected chi connectivity index (χ1v) is 10.3. The summed E-state index contributed by atoms with van der Waals surface area (Å²) in [5.41, 5.74) is 1.41. The summed E-state index contributed by atoms with van der Waals surface area (Å²) in [5, 5.41) is 4.37. The Morgan fingerprint density at radius 3 is 2.68 bits per heavy atom. The van der Waals surface area contributed by atoms with E-state index in [4.69, 9.17) is 4.74 Å². The molecule has 0 bridgehead atoms. The lowest BCUT2D eigenvalue weighted by Crippen LogP contribution is -2.43. The van der Waals surface area contributed by atoms with Crippen LogP contribution in [0.15, 0.2) is 24.3 Å². The maximum absolute atomic E-state index is 13.1. The van der Waals surface area contributed by atoms with Crippen molar-refractivity contribution in [3.8, 4) is 5.69 Å². The van der Waals surface area contributed by atoms with E-state index in [1.54, 1.807) is 31.7 Å². The van der Waals surface area contributed by atoms with Crippen molar-refractivity contribution in [2.45, 2.75) is 46.2 Å². The average Bonchev–Trinajstić information content (AvgIpc) is 3.01. The summed E-state index contributed by atoms with van der Waals surface area (Å²) in [7, 11) is 0. The lowest BCUT2D eigenvalue weighted by atomic mass is 9.97. The monoisotopic (exact) mass is 437 g/mol. The summed E-state index contributed by atoms with van der Waals surface area (Å²) in [6.07, 6.45) is -2.97. The van der Waals surface area contributed by atoms with E-state index >= 15 is 0 Å². The van der Waals surface area contributed by atoms with Gasteiger partial charge in [0, 0.05) is 24.3 Å². The van der Waals surface area contributed by atoms with Gasteiger partial charge >= 0.3 is 12.1 Å². The van der Waals surface area contributed by atoms with E-state index in [-0.39, 0.29) is 29.9 Å². The predicted molar refractivity (Wildman–Crippen MR) is 108 cm³/mol. The number of hydrogen-bond acceptors (Lipinski definition) is 4. The maximum atomic E-state index is 13.1. The Kier molecular flexibility index (Phi) is 6.71. The fourth-order valence-corrected chi connectivity index (χ4v) is 3.92. The first kappa shape index (κ1) is 22.8. The van der Waals surface area contributed by atoms with Crippen molar-refractivity contribution in [1.82, 2.24) is 14.7 Å². The van der Waals surface area contributed by atoms with Crippen LogP contribution in [0.5, 0.6) is 0 Å². The van der Waals surface area contributed by atoms with Crippen LogP contribution in [0.3, 0.4) is 0 Å². The van der Waals surface area contributed by atoms with E-state index in [1.807, 2.05) is 0 Å². The molecule has 1 aliphatic heterocycles. The molecule has 0 aliphatic carbocycles. The maximum Gasteiger partial charge on any atom is 0.416 e. The van der Waals surface area contributed by atoms with Crippen LogP contribution in [0.4, 0.5) is 13.2 Å². The minimum atomic E-state index is -4.45. The lowest BCUT2D eigenvalue weighted by Gasteiger charge is -2.31. The van der Waals surface area contributed by atoms with E-state index in [0.717, 1.165) is 18.6 Å². The summed E-state index contributed by atoms with van der Waals surface area (Å²) in [5.74, 6) is -0.749. The molecule has 2 aromatic rings. The number of aryl methyl sites for hydroxylation is 1. The molecular formula is C22H26F3N3O3. The molecule has 1 aromatic heterocycles. The second-order valence-electron chi connectivity index (χ2n) is 7.72. The molecule has 3 rings (SSSR count). The predicted octanol–water partition coefficient (Wildman–Crippen LogP) is 3.85. The molecular weight excluding hydrogens is 411 g/mol. The van der Waals surface area contributed by atoms with Gasteiger partial charge < -0.3 is 9.64 Å². The molecule has 168 valence electrons. The summed E-state index contributed by atoms with van der Waals surface area (Å²) in [6, 6.07) is 4.94. The van der Waals surface area contributed by atoms with Crippen molar-refractivity contribution in [2.24, 2.45) is 5.92 Å². The molecule has 0 N–H and O–H groups in total. The zero-order chi connectivity index (χ0) is 22.8. The number of benzene rings is 1. The molecule has 1 unspecified atom stereocenters. The highest BCUT2D eigenvalue weighted by molar-refractivity contribution is 5.81. The number of aromatic nitrogens is 2. The zero-order valence-electron chi connectivity index (χ0n) is 17.8. The topological polar surface area (TPSA) is 64.4 Å². The van der Waals surface area contributed by atoms with Gasteiger partial charge in [0.1, 0.15) is 0 Å². The first-order valence-electron chi connectivity index (χ1n) is 10.3. The van der Waals surface area contributed by atoms with Crippen molar-refractivity contribution >= 4 is 11.9 Å². The Morgan fingerprint density at radius 2 is 2.00 bits per heavy atom. The molecule has 1 fully saturated rings. The number of nitrogens with zero attached hydrogens (tertiary/aromatic N) is 3. The number of piperidine rings is 1. The van der Waals surface area contributed by atoms with E-state index in [9.17, 15) is 22.8 Å². The average molecular weight is 437 g/mol. The number of carbonyl (C=O) groups excluding carboxylic acids is 2. The molecule has 0 saturated carbocycles. The van der Waals surface area contributed by atoms with E-state index < -0.39 is 11.7 Å². The van der Waals surface area contributed by atoms with Gasteiger partial charge in [-0.05, 0) is 51.8 Å². The van der Waals surface area contributed by atoms with E-state index in [2.05, 4.69) is 5.10 Å². The van der Waals surface area contributed by atoms with Crippen molar-refractivity contribution in [1.29, 1.82) is 0 Å². The highest BCUT2D eigenvalue weighted by Crippen LogP contribution is 2.31. The van der Waals surface area contributed by atoms with Crippen molar-refractivity contribution < 1.29 is 27.5 Å². The molecule has 1 aliphatic rings. The third-order valence-electron chi connectivity index (χ3n) is 5.58. The minimum Gasteiger partial charge on any atom is -0.466 e. The largest absolute Gasteiger partial charge is 0.466 e. The third kappa shape index (κ3) is 5.08. The Labute approximate surface area is 179 Å². The number of esters is 1. The van der Waals surface area contributed by atoms with Gasteiger partial charge in [-0.2, -0.15) is 18.3 Å². The summed E-state index contributed by atoms with van der Waals surface area (Å²) in [4.78, 5) is 26.6. The Morgan fingerprint density at radius 1 is 1.26 bits per heavy atom. The number of hydrogen-bond donors (Lipinski definition) is 0. The number of carbonyl (C=O) groups is 2. The van der Waals surface area contributed by atoms with Gasteiger partial charge in [-0.25, -0.2) is 4.68 Å². The normalized spacial score (nSPS) is 17.0. The van der Waals surface area contributed by atoms with Gasteiger partial charge in [-0.1, -0.05) is 6.07 Å². The molecule has 31 heavy (non-hydrogen) atoms. The van der Waals surface area contributed by atoms with Crippen molar-refractivity contribution in [3.63, 3.8) is 0 Å². The fourth-order valence-electron chi connectivity index (χ4n) is 3.92. The van der Waals surface area contributed by atoms with Gasteiger partial charge in [0.15, 0.2) is 0 Å². The van der Waals surface area contributed by atoms with Crippen LogP contribution >= 0.6 is 0 Å². The van der Waals surface area contributed by atoms with Gasteiger partial charge in [-0.15, -0.1) is 0 Å². The molecule has 9 heteroatoms. The lowest BCUT2D eigenvalue weighted by molar-refractivity contribution is -0.151. The number of halogens is 3. The van der Waals surface area contributed by atoms with E-state index in [1.165, 1.54) is 10.7 Å². The molecule has 0 radical (unpaired) electrons. The van der Waals surface area contributed by atoms with E-state index in [0.29, 0.717) is 43.1 Å². The number of amides is 1.